The Morgan fingerprint density at radius 3 is 2.29 bits per heavy atom. The Kier molecular flexibility index (Phi) is 4.20. The maximum Gasteiger partial charge on any atom is 0.269 e. The van der Waals surface area contributed by atoms with Crippen LogP contribution in [-0.4, -0.2) is 14.7 Å². The highest BCUT2D eigenvalue weighted by Gasteiger charge is 2.07. The van der Waals surface area contributed by atoms with Gasteiger partial charge in [0.2, 0.25) is 0 Å². The Hall–Kier alpha value is -3.28. The fraction of sp³-hybridized carbons (Fsp3) is 0.111. The summed E-state index contributed by atoms with van der Waals surface area (Å²) in [7, 11) is 0. The molecule has 0 aliphatic rings. The molecule has 3 rings (SSSR count). The van der Waals surface area contributed by atoms with Crippen molar-refractivity contribution in [2.45, 2.75) is 13.5 Å². The largest absolute Gasteiger partial charge is 0.269 e. The number of hydrogen-bond acceptors (Lipinski definition) is 4. The van der Waals surface area contributed by atoms with Crippen LogP contribution in [0.4, 0.5) is 5.69 Å². The van der Waals surface area contributed by atoms with Gasteiger partial charge in [-0.3, -0.25) is 14.9 Å². The van der Waals surface area contributed by atoms with Crippen molar-refractivity contribution in [3.05, 3.63) is 92.3 Å². The number of aryl methyl sites for hydroxylation is 1. The number of nitrogens with zero attached hydrogens (tertiary/aromatic N) is 3. The standard InChI is InChI=1S/C18H15N3O3/c1-13-2-6-15(7-3-13)17-10-11-18(22)20(19-17)12-14-4-8-16(9-5-14)21(23)24/h2-11H,12H2,1H3. The van der Waals surface area contributed by atoms with E-state index in [1.807, 2.05) is 31.2 Å². The average Bonchev–Trinajstić information content (AvgIpc) is 2.58. The monoisotopic (exact) mass is 321 g/mol. The molecule has 6 heteroatoms. The Bertz CT molecular complexity index is 929. The van der Waals surface area contributed by atoms with Crippen LogP contribution in [0.3, 0.4) is 0 Å². The molecular weight excluding hydrogens is 306 g/mol. The molecule has 0 N–H and O–H groups in total. The van der Waals surface area contributed by atoms with Crippen LogP contribution in [0.5, 0.6) is 0 Å². The summed E-state index contributed by atoms with van der Waals surface area (Å²) in [6.45, 7) is 2.27. The van der Waals surface area contributed by atoms with Crippen molar-refractivity contribution in [2.75, 3.05) is 0 Å². The molecule has 0 unspecified atom stereocenters. The van der Waals surface area contributed by atoms with Crippen molar-refractivity contribution in [3.63, 3.8) is 0 Å². The summed E-state index contributed by atoms with van der Waals surface area (Å²) >= 11 is 0. The summed E-state index contributed by atoms with van der Waals surface area (Å²) in [5.41, 5.74) is 3.36. The SMILES string of the molecule is Cc1ccc(-c2ccc(=O)n(Cc3ccc([N+](=O)[O-])cc3)n2)cc1. The molecule has 1 aromatic heterocycles. The van der Waals surface area contributed by atoms with Crippen molar-refractivity contribution in [2.24, 2.45) is 0 Å². The molecule has 0 saturated carbocycles. The van der Waals surface area contributed by atoms with E-state index in [0.717, 1.165) is 16.7 Å². The zero-order valence-corrected chi connectivity index (χ0v) is 13.0. The number of rotatable bonds is 4. The fourth-order valence-electron chi connectivity index (χ4n) is 2.34. The number of benzene rings is 2. The summed E-state index contributed by atoms with van der Waals surface area (Å²) in [6, 6.07) is 17.2. The zero-order chi connectivity index (χ0) is 17.1. The highest BCUT2D eigenvalue weighted by Crippen LogP contribution is 2.16. The minimum absolute atomic E-state index is 0.0208. The smallest absolute Gasteiger partial charge is 0.268 e. The summed E-state index contributed by atoms with van der Waals surface area (Å²) in [5.74, 6) is 0. The number of nitro benzene ring substituents is 1. The molecule has 0 aliphatic heterocycles. The topological polar surface area (TPSA) is 78.0 Å². The van der Waals surface area contributed by atoms with Crippen molar-refractivity contribution in [1.82, 2.24) is 9.78 Å². The van der Waals surface area contributed by atoms with Crippen LogP contribution in [0.15, 0.2) is 65.5 Å². The maximum atomic E-state index is 12.0. The van der Waals surface area contributed by atoms with E-state index in [4.69, 9.17) is 0 Å². The summed E-state index contributed by atoms with van der Waals surface area (Å²) < 4.78 is 1.36. The van der Waals surface area contributed by atoms with Crippen LogP contribution in [0.1, 0.15) is 11.1 Å². The molecule has 0 amide bonds. The van der Waals surface area contributed by atoms with Crippen LogP contribution >= 0.6 is 0 Å². The molecule has 0 atom stereocenters. The lowest BCUT2D eigenvalue weighted by Crippen LogP contribution is -2.22. The molecule has 0 spiro atoms. The van der Waals surface area contributed by atoms with Crippen LogP contribution in [0.2, 0.25) is 0 Å². The molecule has 0 aliphatic carbocycles. The molecule has 3 aromatic rings. The normalized spacial score (nSPS) is 10.5. The highest BCUT2D eigenvalue weighted by molar-refractivity contribution is 5.58. The lowest BCUT2D eigenvalue weighted by atomic mass is 10.1. The zero-order valence-electron chi connectivity index (χ0n) is 13.0. The molecule has 120 valence electrons. The van der Waals surface area contributed by atoms with Gasteiger partial charge in [0.05, 0.1) is 17.2 Å². The van der Waals surface area contributed by atoms with Crippen molar-refractivity contribution in [1.29, 1.82) is 0 Å². The van der Waals surface area contributed by atoms with Crippen LogP contribution in [0, 0.1) is 17.0 Å². The van der Waals surface area contributed by atoms with E-state index in [1.165, 1.54) is 22.9 Å². The van der Waals surface area contributed by atoms with Gasteiger partial charge >= 0.3 is 0 Å². The Morgan fingerprint density at radius 2 is 1.67 bits per heavy atom. The van der Waals surface area contributed by atoms with Gasteiger partial charge in [-0.1, -0.05) is 42.0 Å². The van der Waals surface area contributed by atoms with E-state index in [1.54, 1.807) is 18.2 Å². The van der Waals surface area contributed by atoms with Gasteiger partial charge in [0.15, 0.2) is 0 Å². The van der Waals surface area contributed by atoms with Gasteiger partial charge in [-0.05, 0) is 18.6 Å². The van der Waals surface area contributed by atoms with E-state index >= 15 is 0 Å². The van der Waals surface area contributed by atoms with Crippen LogP contribution in [-0.2, 0) is 6.54 Å². The third-order valence-corrected chi connectivity index (χ3v) is 3.69. The maximum absolute atomic E-state index is 12.0. The minimum atomic E-state index is -0.452. The molecule has 1 heterocycles. The van der Waals surface area contributed by atoms with Gasteiger partial charge in [-0.15, -0.1) is 0 Å². The molecule has 0 radical (unpaired) electrons. The van der Waals surface area contributed by atoms with Crippen molar-refractivity contribution >= 4 is 5.69 Å². The highest BCUT2D eigenvalue weighted by atomic mass is 16.6. The summed E-state index contributed by atoms with van der Waals surface area (Å²) in [4.78, 5) is 22.3. The van der Waals surface area contributed by atoms with Gasteiger partial charge in [0.25, 0.3) is 11.2 Å². The lowest BCUT2D eigenvalue weighted by molar-refractivity contribution is -0.384. The van der Waals surface area contributed by atoms with E-state index < -0.39 is 4.92 Å². The number of aromatic nitrogens is 2. The van der Waals surface area contributed by atoms with Crippen molar-refractivity contribution < 1.29 is 4.92 Å². The van der Waals surface area contributed by atoms with E-state index in [2.05, 4.69) is 5.10 Å². The first-order chi connectivity index (χ1) is 11.5. The predicted octanol–water partition coefficient (Wildman–Crippen LogP) is 3.18. The van der Waals surface area contributed by atoms with Gasteiger partial charge in [0, 0.05) is 23.8 Å². The Labute approximate surface area is 138 Å². The summed E-state index contributed by atoms with van der Waals surface area (Å²) in [6.07, 6.45) is 0. The number of non-ortho nitro benzene ring substituents is 1. The second kappa shape index (κ2) is 6.45. The third kappa shape index (κ3) is 3.38. The molecule has 0 fully saturated rings. The van der Waals surface area contributed by atoms with Gasteiger partial charge in [-0.2, -0.15) is 5.10 Å². The van der Waals surface area contributed by atoms with E-state index in [0.29, 0.717) is 5.69 Å². The second-order valence-electron chi connectivity index (χ2n) is 5.50. The minimum Gasteiger partial charge on any atom is -0.268 e. The Balaban J connectivity index is 1.90. The number of nitro groups is 1. The van der Waals surface area contributed by atoms with Crippen molar-refractivity contribution in [3.8, 4) is 11.3 Å². The lowest BCUT2D eigenvalue weighted by Gasteiger charge is -2.07. The number of hydrogen-bond donors (Lipinski definition) is 0. The fourth-order valence-corrected chi connectivity index (χ4v) is 2.34. The van der Waals surface area contributed by atoms with Gasteiger partial charge < -0.3 is 0 Å². The van der Waals surface area contributed by atoms with Gasteiger partial charge in [0.1, 0.15) is 0 Å². The van der Waals surface area contributed by atoms with E-state index in [9.17, 15) is 14.9 Å². The molecular formula is C18H15N3O3. The predicted molar refractivity (Wildman–Crippen MR) is 90.9 cm³/mol. The van der Waals surface area contributed by atoms with Gasteiger partial charge in [-0.25, -0.2) is 4.68 Å². The molecule has 2 aromatic carbocycles. The van der Waals surface area contributed by atoms with E-state index in [-0.39, 0.29) is 17.8 Å². The molecule has 24 heavy (non-hydrogen) atoms. The summed E-state index contributed by atoms with van der Waals surface area (Å²) in [5, 5.41) is 15.1. The average molecular weight is 321 g/mol. The first-order valence-electron chi connectivity index (χ1n) is 7.41. The molecule has 0 saturated heterocycles. The van der Waals surface area contributed by atoms with Crippen LogP contribution < -0.4 is 5.56 Å². The third-order valence-electron chi connectivity index (χ3n) is 3.69. The quantitative estimate of drug-likeness (QED) is 0.546. The molecule has 0 bridgehead atoms. The first-order valence-corrected chi connectivity index (χ1v) is 7.41. The Morgan fingerprint density at radius 1 is 1.00 bits per heavy atom. The van der Waals surface area contributed by atoms with Crippen LogP contribution in [0.25, 0.3) is 11.3 Å². The second-order valence-corrected chi connectivity index (χ2v) is 5.50. The molecule has 6 nitrogen and oxygen atoms in total. The first kappa shape index (κ1) is 15.6.